The minimum Gasteiger partial charge on any atom is -0.375 e. The van der Waals surface area contributed by atoms with Gasteiger partial charge >= 0.3 is 0 Å². The topological polar surface area (TPSA) is 110 Å². The summed E-state index contributed by atoms with van der Waals surface area (Å²) < 4.78 is 13.4. The van der Waals surface area contributed by atoms with Crippen LogP contribution in [0.15, 0.2) is 48.5 Å². The van der Waals surface area contributed by atoms with E-state index in [1.165, 1.54) is 36.4 Å². The first-order valence-electron chi connectivity index (χ1n) is 7.59. The molecule has 132 valence electrons. The van der Waals surface area contributed by atoms with Crippen molar-refractivity contribution in [3.63, 3.8) is 0 Å². The van der Waals surface area contributed by atoms with Crippen LogP contribution in [0.5, 0.6) is 0 Å². The predicted molar refractivity (Wildman–Crippen MR) is 90.7 cm³/mol. The van der Waals surface area contributed by atoms with Crippen LogP contribution in [0.4, 0.5) is 15.8 Å². The summed E-state index contributed by atoms with van der Waals surface area (Å²) in [4.78, 5) is 34.3. The van der Waals surface area contributed by atoms with Gasteiger partial charge in [-0.1, -0.05) is 6.08 Å². The molecule has 0 saturated carbocycles. The standard InChI is InChI=1S/C18H13FN2O5/c19-12-4-8-16-15(9-12)18(24,17(23)20-16)10-14(22)7-3-11-1-5-13(6-2-11)21(25)26/h1-9,24H,10H2,(H,20,23)/b7-3+. The first kappa shape index (κ1) is 17.4. The molecule has 0 aromatic heterocycles. The lowest BCUT2D eigenvalue weighted by atomic mass is 9.89. The van der Waals surface area contributed by atoms with Crippen molar-refractivity contribution in [2.75, 3.05) is 5.32 Å². The van der Waals surface area contributed by atoms with E-state index in [1.54, 1.807) is 0 Å². The molecule has 1 heterocycles. The maximum Gasteiger partial charge on any atom is 0.269 e. The Morgan fingerprint density at radius 3 is 2.62 bits per heavy atom. The number of halogens is 1. The zero-order chi connectivity index (χ0) is 18.9. The highest BCUT2D eigenvalue weighted by Gasteiger charge is 2.46. The Balaban J connectivity index is 1.76. The van der Waals surface area contributed by atoms with Crippen LogP contribution < -0.4 is 5.32 Å². The third-order valence-corrected chi connectivity index (χ3v) is 4.05. The van der Waals surface area contributed by atoms with E-state index in [0.29, 0.717) is 5.56 Å². The number of rotatable bonds is 5. The first-order chi connectivity index (χ1) is 12.3. The SMILES string of the molecule is O=C(/C=C/c1ccc([N+](=O)[O-])cc1)CC1(O)C(=O)Nc2ccc(F)cc21. The molecule has 0 radical (unpaired) electrons. The number of nitro groups is 1. The lowest BCUT2D eigenvalue weighted by Gasteiger charge is -2.19. The number of allylic oxidation sites excluding steroid dienone is 1. The van der Waals surface area contributed by atoms with Crippen LogP contribution in [0.2, 0.25) is 0 Å². The normalized spacial score (nSPS) is 18.6. The molecule has 26 heavy (non-hydrogen) atoms. The van der Waals surface area contributed by atoms with Crippen molar-refractivity contribution >= 4 is 29.1 Å². The highest BCUT2D eigenvalue weighted by Crippen LogP contribution is 2.38. The number of hydrogen-bond acceptors (Lipinski definition) is 5. The number of hydrogen-bond donors (Lipinski definition) is 2. The molecule has 1 aliphatic rings. The minimum atomic E-state index is -2.14. The maximum atomic E-state index is 13.4. The Kier molecular flexibility index (Phi) is 4.35. The molecule has 7 nitrogen and oxygen atoms in total. The van der Waals surface area contributed by atoms with Gasteiger partial charge in [0.1, 0.15) is 5.82 Å². The fourth-order valence-electron chi connectivity index (χ4n) is 2.70. The lowest BCUT2D eigenvalue weighted by molar-refractivity contribution is -0.384. The number of nitrogens with one attached hydrogen (secondary N) is 1. The van der Waals surface area contributed by atoms with Crippen LogP contribution in [0.25, 0.3) is 6.08 Å². The van der Waals surface area contributed by atoms with Gasteiger partial charge in [-0.2, -0.15) is 0 Å². The van der Waals surface area contributed by atoms with Crippen LogP contribution in [-0.4, -0.2) is 21.7 Å². The van der Waals surface area contributed by atoms with Gasteiger partial charge in [-0.15, -0.1) is 0 Å². The van der Waals surface area contributed by atoms with Gasteiger partial charge in [0.05, 0.1) is 11.3 Å². The zero-order valence-electron chi connectivity index (χ0n) is 13.3. The molecule has 1 amide bonds. The van der Waals surface area contributed by atoms with E-state index < -0.39 is 34.5 Å². The van der Waals surface area contributed by atoms with Crippen molar-refractivity contribution in [3.05, 3.63) is 75.6 Å². The number of anilines is 1. The fraction of sp³-hybridized carbons (Fsp3) is 0.111. The number of carbonyl (C=O) groups excluding carboxylic acids is 2. The Hall–Kier alpha value is -3.39. The van der Waals surface area contributed by atoms with Gasteiger partial charge < -0.3 is 10.4 Å². The summed E-state index contributed by atoms with van der Waals surface area (Å²) >= 11 is 0. The molecule has 8 heteroatoms. The second-order valence-corrected chi connectivity index (χ2v) is 5.83. The number of aliphatic hydroxyl groups is 1. The number of fused-ring (bicyclic) bond motifs is 1. The monoisotopic (exact) mass is 356 g/mol. The molecule has 0 aliphatic carbocycles. The molecule has 0 saturated heterocycles. The molecule has 2 aromatic carbocycles. The fourth-order valence-corrected chi connectivity index (χ4v) is 2.70. The van der Waals surface area contributed by atoms with Crippen molar-refractivity contribution in [3.8, 4) is 0 Å². The number of ketones is 1. The van der Waals surface area contributed by atoms with Crippen LogP contribution in [0.3, 0.4) is 0 Å². The highest BCUT2D eigenvalue weighted by molar-refractivity contribution is 6.08. The Labute approximate surface area is 146 Å². The summed E-state index contributed by atoms with van der Waals surface area (Å²) in [5.74, 6) is -1.99. The quantitative estimate of drug-likeness (QED) is 0.486. The summed E-state index contributed by atoms with van der Waals surface area (Å²) in [6.07, 6.45) is 2.01. The van der Waals surface area contributed by atoms with Crippen LogP contribution in [0, 0.1) is 15.9 Å². The molecular formula is C18H13FN2O5. The third-order valence-electron chi connectivity index (χ3n) is 4.05. The predicted octanol–water partition coefficient (Wildman–Crippen LogP) is 2.55. The Bertz CT molecular complexity index is 939. The minimum absolute atomic E-state index is 0.0135. The van der Waals surface area contributed by atoms with E-state index in [9.17, 15) is 29.2 Å². The molecule has 1 unspecified atom stereocenters. The van der Waals surface area contributed by atoms with Crippen LogP contribution >= 0.6 is 0 Å². The lowest BCUT2D eigenvalue weighted by Crippen LogP contribution is -2.36. The summed E-state index contributed by atoms with van der Waals surface area (Å²) in [5, 5.41) is 23.6. The Morgan fingerprint density at radius 1 is 1.27 bits per heavy atom. The van der Waals surface area contributed by atoms with Crippen molar-refractivity contribution in [2.45, 2.75) is 12.0 Å². The summed E-state index contributed by atoms with van der Waals surface area (Å²) in [6, 6.07) is 8.98. The van der Waals surface area contributed by atoms with Crippen molar-refractivity contribution in [2.24, 2.45) is 0 Å². The van der Waals surface area contributed by atoms with Gasteiger partial charge in [-0.25, -0.2) is 4.39 Å². The second-order valence-electron chi connectivity index (χ2n) is 5.83. The molecule has 2 aromatic rings. The molecule has 2 N–H and O–H groups in total. The molecular weight excluding hydrogens is 343 g/mol. The van der Waals surface area contributed by atoms with Crippen LogP contribution in [-0.2, 0) is 15.2 Å². The third kappa shape index (κ3) is 3.22. The first-order valence-corrected chi connectivity index (χ1v) is 7.59. The maximum absolute atomic E-state index is 13.4. The average Bonchev–Trinajstić information content (AvgIpc) is 2.84. The van der Waals surface area contributed by atoms with Crippen molar-refractivity contribution < 1.29 is 24.0 Å². The van der Waals surface area contributed by atoms with E-state index in [1.807, 2.05) is 0 Å². The van der Waals surface area contributed by atoms with Crippen LogP contribution in [0.1, 0.15) is 17.5 Å². The van der Waals surface area contributed by atoms with Gasteiger partial charge in [-0.05, 0) is 42.0 Å². The number of benzene rings is 2. The van der Waals surface area contributed by atoms with E-state index in [2.05, 4.69) is 5.32 Å². The van der Waals surface area contributed by atoms with Gasteiger partial charge in [-0.3, -0.25) is 19.7 Å². The molecule has 1 aliphatic heterocycles. The van der Waals surface area contributed by atoms with E-state index in [4.69, 9.17) is 0 Å². The van der Waals surface area contributed by atoms with E-state index in [-0.39, 0.29) is 16.9 Å². The largest absolute Gasteiger partial charge is 0.375 e. The van der Waals surface area contributed by atoms with Gasteiger partial charge in [0.2, 0.25) is 0 Å². The Morgan fingerprint density at radius 2 is 1.96 bits per heavy atom. The molecule has 0 bridgehead atoms. The smallest absolute Gasteiger partial charge is 0.269 e. The summed E-state index contributed by atoms with van der Waals surface area (Å²) in [7, 11) is 0. The number of carbonyl (C=O) groups is 2. The average molecular weight is 356 g/mol. The van der Waals surface area contributed by atoms with Gasteiger partial charge in [0, 0.05) is 23.4 Å². The summed E-state index contributed by atoms with van der Waals surface area (Å²) in [6.45, 7) is 0. The van der Waals surface area contributed by atoms with E-state index >= 15 is 0 Å². The van der Waals surface area contributed by atoms with Gasteiger partial charge in [0.25, 0.3) is 11.6 Å². The number of nitro benzene ring substituents is 1. The molecule has 0 fully saturated rings. The van der Waals surface area contributed by atoms with Crippen molar-refractivity contribution in [1.82, 2.24) is 0 Å². The number of nitrogens with zero attached hydrogens (tertiary/aromatic N) is 1. The van der Waals surface area contributed by atoms with Gasteiger partial charge in [0.15, 0.2) is 11.4 Å². The zero-order valence-corrected chi connectivity index (χ0v) is 13.3. The van der Waals surface area contributed by atoms with Crippen molar-refractivity contribution in [1.29, 1.82) is 0 Å². The highest BCUT2D eigenvalue weighted by atomic mass is 19.1. The summed E-state index contributed by atoms with van der Waals surface area (Å²) in [5.41, 5.74) is -1.41. The second kappa shape index (κ2) is 6.49. The number of amides is 1. The number of non-ortho nitro benzene ring substituents is 1. The molecule has 0 spiro atoms. The van der Waals surface area contributed by atoms with E-state index in [0.717, 1.165) is 18.2 Å². The molecule has 1 atom stereocenters. The molecule has 3 rings (SSSR count).